The minimum absolute atomic E-state index is 0.216. The first-order valence-electron chi connectivity index (χ1n) is 8.07. The molecule has 0 aromatic heterocycles. The van der Waals surface area contributed by atoms with Crippen molar-refractivity contribution in [3.8, 4) is 0 Å². The number of rotatable bonds is 4. The first-order chi connectivity index (χ1) is 10.9. The molecule has 2 rings (SSSR count). The zero-order valence-corrected chi connectivity index (χ0v) is 14.7. The molecule has 1 aliphatic heterocycles. The van der Waals surface area contributed by atoms with Crippen LogP contribution in [0.1, 0.15) is 46.1 Å². The molecule has 0 aliphatic carbocycles. The molecule has 1 aromatic carbocycles. The average molecular weight is 312 g/mol. The third kappa shape index (κ3) is 4.19. The topological polar surface area (TPSA) is 15.6 Å². The highest BCUT2D eigenvalue weighted by Crippen LogP contribution is 2.29. The van der Waals surface area contributed by atoms with Crippen LogP contribution < -0.4 is 0 Å². The molecule has 0 fully saturated rings. The van der Waals surface area contributed by atoms with E-state index >= 15 is 0 Å². The lowest BCUT2D eigenvalue weighted by Gasteiger charge is -2.29. The van der Waals surface area contributed by atoms with Crippen LogP contribution in [0.4, 0.5) is 4.39 Å². The number of hydrogen-bond acceptors (Lipinski definition) is 2. The number of aliphatic imine (C=N–C) groups is 1. The molecule has 0 atom stereocenters. The quantitative estimate of drug-likeness (QED) is 0.711. The monoisotopic (exact) mass is 312 g/mol. The van der Waals surface area contributed by atoms with Crippen molar-refractivity contribution in [1.82, 2.24) is 4.90 Å². The van der Waals surface area contributed by atoms with Gasteiger partial charge < -0.3 is 4.90 Å². The van der Waals surface area contributed by atoms with Crippen molar-refractivity contribution in [3.63, 3.8) is 0 Å². The fourth-order valence-electron chi connectivity index (χ4n) is 2.74. The molecular weight excluding hydrogens is 287 g/mol. The minimum atomic E-state index is -0.216. The number of nitrogens with zero attached hydrogens (tertiary/aromatic N) is 2. The van der Waals surface area contributed by atoms with Crippen molar-refractivity contribution >= 4 is 11.4 Å². The van der Waals surface area contributed by atoms with Crippen LogP contribution in [0, 0.1) is 5.82 Å². The van der Waals surface area contributed by atoms with Gasteiger partial charge in [0.25, 0.3) is 0 Å². The Hall–Kier alpha value is -2.16. The summed E-state index contributed by atoms with van der Waals surface area (Å²) in [6.45, 7) is 8.40. The molecule has 0 radical (unpaired) electrons. The fourth-order valence-corrected chi connectivity index (χ4v) is 2.74. The molecule has 0 N–H and O–H groups in total. The van der Waals surface area contributed by atoms with Gasteiger partial charge in [-0.25, -0.2) is 9.38 Å². The van der Waals surface area contributed by atoms with Gasteiger partial charge in [0, 0.05) is 12.8 Å². The van der Waals surface area contributed by atoms with E-state index in [1.165, 1.54) is 17.7 Å². The number of halogens is 1. The molecule has 0 saturated carbocycles. The second kappa shape index (κ2) is 7.40. The Morgan fingerprint density at radius 2 is 1.83 bits per heavy atom. The third-order valence-corrected chi connectivity index (χ3v) is 3.74. The Morgan fingerprint density at radius 3 is 2.39 bits per heavy atom. The predicted octanol–water partition coefficient (Wildman–Crippen LogP) is 5.55. The molecule has 0 unspecified atom stereocenters. The highest BCUT2D eigenvalue weighted by Gasteiger charge is 2.19. The van der Waals surface area contributed by atoms with Gasteiger partial charge in [0.05, 0.1) is 5.70 Å². The lowest BCUT2D eigenvalue weighted by molar-refractivity contribution is 0.575. The maximum atomic E-state index is 13.2. The molecular formula is C20H25FN2. The summed E-state index contributed by atoms with van der Waals surface area (Å²) in [4.78, 5) is 6.91. The second-order valence-corrected chi connectivity index (χ2v) is 6.18. The zero-order chi connectivity index (χ0) is 17.0. The SMILES string of the molecule is CCCC1=N/C(=C(\C)C=C(C)C)N(C)C(c2ccc(F)cc2)=C1. The summed E-state index contributed by atoms with van der Waals surface area (Å²) in [6, 6.07) is 6.64. The molecule has 0 saturated heterocycles. The van der Waals surface area contributed by atoms with Crippen LogP contribution in [-0.2, 0) is 0 Å². The van der Waals surface area contributed by atoms with Crippen molar-refractivity contribution in [1.29, 1.82) is 0 Å². The van der Waals surface area contributed by atoms with Gasteiger partial charge in [0.1, 0.15) is 11.6 Å². The third-order valence-electron chi connectivity index (χ3n) is 3.74. The van der Waals surface area contributed by atoms with Crippen LogP contribution in [0.5, 0.6) is 0 Å². The smallest absolute Gasteiger partial charge is 0.135 e. The van der Waals surface area contributed by atoms with E-state index in [1.807, 2.05) is 19.2 Å². The van der Waals surface area contributed by atoms with E-state index in [9.17, 15) is 4.39 Å². The van der Waals surface area contributed by atoms with Crippen LogP contribution in [-0.4, -0.2) is 17.7 Å². The van der Waals surface area contributed by atoms with E-state index in [2.05, 4.69) is 44.7 Å². The molecule has 23 heavy (non-hydrogen) atoms. The fraction of sp³-hybridized carbons (Fsp3) is 0.350. The average Bonchev–Trinajstić information content (AvgIpc) is 2.49. The summed E-state index contributed by atoms with van der Waals surface area (Å²) < 4.78 is 13.2. The van der Waals surface area contributed by atoms with Crippen LogP contribution in [0.2, 0.25) is 0 Å². The maximum Gasteiger partial charge on any atom is 0.135 e. The van der Waals surface area contributed by atoms with Crippen molar-refractivity contribution in [2.75, 3.05) is 7.05 Å². The summed E-state index contributed by atoms with van der Waals surface area (Å²) >= 11 is 0. The van der Waals surface area contributed by atoms with Crippen molar-refractivity contribution < 1.29 is 4.39 Å². The van der Waals surface area contributed by atoms with Crippen molar-refractivity contribution in [3.05, 3.63) is 64.8 Å². The van der Waals surface area contributed by atoms with Crippen LogP contribution in [0.3, 0.4) is 0 Å². The van der Waals surface area contributed by atoms with E-state index < -0.39 is 0 Å². The summed E-state index contributed by atoms with van der Waals surface area (Å²) in [5.74, 6) is 0.739. The van der Waals surface area contributed by atoms with Gasteiger partial charge in [-0.2, -0.15) is 0 Å². The van der Waals surface area contributed by atoms with Crippen molar-refractivity contribution in [2.45, 2.75) is 40.5 Å². The summed E-state index contributed by atoms with van der Waals surface area (Å²) in [6.07, 6.45) is 6.23. The Balaban J connectivity index is 2.52. The van der Waals surface area contributed by atoms with E-state index in [-0.39, 0.29) is 5.82 Å². The molecule has 122 valence electrons. The standard InChI is InChI=1S/C20H25FN2/c1-6-7-18-13-19(16-8-10-17(21)11-9-16)23(5)20(22-18)15(4)12-14(2)3/h8-13H,6-7H2,1-5H3/b20-15-. The summed E-state index contributed by atoms with van der Waals surface area (Å²) in [7, 11) is 2.01. The predicted molar refractivity (Wildman–Crippen MR) is 96.6 cm³/mol. The van der Waals surface area contributed by atoms with Crippen LogP contribution >= 0.6 is 0 Å². The molecule has 1 aliphatic rings. The molecule has 1 aromatic rings. The highest BCUT2D eigenvalue weighted by atomic mass is 19.1. The van der Waals surface area contributed by atoms with E-state index in [0.717, 1.165) is 41.2 Å². The molecule has 0 bridgehead atoms. The van der Waals surface area contributed by atoms with Crippen molar-refractivity contribution in [2.24, 2.45) is 4.99 Å². The number of hydrogen-bond donors (Lipinski definition) is 0. The number of benzene rings is 1. The van der Waals surface area contributed by atoms with Gasteiger partial charge in [0.15, 0.2) is 0 Å². The molecule has 1 heterocycles. The second-order valence-electron chi connectivity index (χ2n) is 6.18. The van der Waals surface area contributed by atoms with E-state index in [0.29, 0.717) is 0 Å². The lowest BCUT2D eigenvalue weighted by Crippen LogP contribution is -2.22. The van der Waals surface area contributed by atoms with Crippen LogP contribution in [0.15, 0.2) is 58.4 Å². The maximum absolute atomic E-state index is 13.2. The Kier molecular flexibility index (Phi) is 5.54. The van der Waals surface area contributed by atoms with Gasteiger partial charge in [-0.1, -0.05) is 25.0 Å². The largest absolute Gasteiger partial charge is 0.329 e. The first-order valence-corrected chi connectivity index (χ1v) is 8.07. The molecule has 0 amide bonds. The number of allylic oxidation sites excluding steroid dienone is 4. The van der Waals surface area contributed by atoms with Crippen LogP contribution in [0.25, 0.3) is 5.70 Å². The summed E-state index contributed by atoms with van der Waals surface area (Å²) in [5, 5.41) is 0. The van der Waals surface area contributed by atoms with E-state index in [1.54, 1.807) is 0 Å². The Labute approximate surface area is 138 Å². The first kappa shape index (κ1) is 17.2. The van der Waals surface area contributed by atoms with Gasteiger partial charge in [-0.15, -0.1) is 0 Å². The van der Waals surface area contributed by atoms with Gasteiger partial charge in [-0.3, -0.25) is 0 Å². The molecule has 2 nitrogen and oxygen atoms in total. The zero-order valence-electron chi connectivity index (χ0n) is 14.7. The minimum Gasteiger partial charge on any atom is -0.329 e. The Bertz CT molecular complexity index is 687. The van der Waals surface area contributed by atoms with Gasteiger partial charge in [-0.05, 0) is 68.7 Å². The normalized spacial score (nSPS) is 16.7. The van der Waals surface area contributed by atoms with E-state index in [4.69, 9.17) is 4.99 Å². The van der Waals surface area contributed by atoms with Gasteiger partial charge in [0.2, 0.25) is 0 Å². The Morgan fingerprint density at radius 1 is 1.17 bits per heavy atom. The van der Waals surface area contributed by atoms with Gasteiger partial charge >= 0.3 is 0 Å². The molecule has 3 heteroatoms. The highest BCUT2D eigenvalue weighted by molar-refractivity contribution is 6.02. The lowest BCUT2D eigenvalue weighted by atomic mass is 10.0. The molecule has 0 spiro atoms. The summed E-state index contributed by atoms with van der Waals surface area (Å²) in [5.41, 5.74) is 5.50.